The van der Waals surface area contributed by atoms with Gasteiger partial charge in [-0.05, 0) is 41.4 Å². The molecule has 18 heavy (non-hydrogen) atoms. The van der Waals surface area contributed by atoms with Crippen LogP contribution in [-0.2, 0) is 4.79 Å². The Balaban J connectivity index is 2.51. The van der Waals surface area contributed by atoms with Crippen molar-refractivity contribution in [2.75, 3.05) is 19.0 Å². The number of rotatable bonds is 6. The van der Waals surface area contributed by atoms with Gasteiger partial charge in [-0.3, -0.25) is 4.79 Å². The molecule has 100 valence electrons. The van der Waals surface area contributed by atoms with Gasteiger partial charge in [-0.1, -0.05) is 6.92 Å². The third-order valence-corrected chi connectivity index (χ3v) is 3.28. The van der Waals surface area contributed by atoms with E-state index in [-0.39, 0.29) is 18.5 Å². The van der Waals surface area contributed by atoms with E-state index >= 15 is 0 Å². The summed E-state index contributed by atoms with van der Waals surface area (Å²) in [6.45, 7) is 4.29. The highest BCUT2D eigenvalue weighted by Crippen LogP contribution is 2.27. The molecule has 0 aromatic heterocycles. The van der Waals surface area contributed by atoms with Crippen molar-refractivity contribution in [3.8, 4) is 5.75 Å². The summed E-state index contributed by atoms with van der Waals surface area (Å²) in [5, 5.41) is 5.96. The summed E-state index contributed by atoms with van der Waals surface area (Å²) in [5.74, 6) is 0.730. The van der Waals surface area contributed by atoms with Crippen LogP contribution in [0.1, 0.15) is 20.3 Å². The lowest BCUT2D eigenvalue weighted by molar-refractivity contribution is -0.120. The molecule has 2 N–H and O–H groups in total. The highest BCUT2D eigenvalue weighted by atomic mass is 79.9. The lowest BCUT2D eigenvalue weighted by atomic mass is 10.2. The van der Waals surface area contributed by atoms with Crippen molar-refractivity contribution >= 4 is 27.5 Å². The number of hydrogen-bond donors (Lipinski definition) is 2. The van der Waals surface area contributed by atoms with Gasteiger partial charge in [0.15, 0.2) is 0 Å². The standard InChI is InChI=1S/C13H19BrN2O2/c1-4-9(2)16-13(17)8-15-10-5-6-11(14)12(7-10)18-3/h5-7,9,15H,4,8H2,1-3H3,(H,16,17). The van der Waals surface area contributed by atoms with Gasteiger partial charge in [-0.2, -0.15) is 0 Å². The average Bonchev–Trinajstić information content (AvgIpc) is 2.37. The van der Waals surface area contributed by atoms with Crippen LogP contribution in [0.25, 0.3) is 0 Å². The highest BCUT2D eigenvalue weighted by Gasteiger charge is 2.06. The molecule has 0 saturated heterocycles. The molecule has 0 bridgehead atoms. The zero-order chi connectivity index (χ0) is 13.5. The van der Waals surface area contributed by atoms with Gasteiger partial charge in [0.05, 0.1) is 18.1 Å². The molecule has 5 heteroatoms. The first-order chi connectivity index (χ1) is 8.56. The molecule has 1 rings (SSSR count). The zero-order valence-corrected chi connectivity index (χ0v) is 12.5. The molecule has 0 radical (unpaired) electrons. The second-order valence-corrected chi connectivity index (χ2v) is 4.93. The normalized spacial score (nSPS) is 11.8. The van der Waals surface area contributed by atoms with E-state index in [4.69, 9.17) is 4.74 Å². The van der Waals surface area contributed by atoms with Crippen molar-refractivity contribution in [2.24, 2.45) is 0 Å². The van der Waals surface area contributed by atoms with E-state index in [1.54, 1.807) is 7.11 Å². The van der Waals surface area contributed by atoms with Gasteiger partial charge in [-0.15, -0.1) is 0 Å². The lowest BCUT2D eigenvalue weighted by Crippen LogP contribution is -2.36. The van der Waals surface area contributed by atoms with E-state index in [2.05, 4.69) is 26.6 Å². The molecular weight excluding hydrogens is 296 g/mol. The number of carbonyl (C=O) groups excluding carboxylic acids is 1. The maximum atomic E-state index is 11.6. The van der Waals surface area contributed by atoms with Crippen LogP contribution in [0.3, 0.4) is 0 Å². The Labute approximate surface area is 116 Å². The maximum Gasteiger partial charge on any atom is 0.239 e. The molecule has 0 aliphatic rings. The van der Waals surface area contributed by atoms with Crippen LogP contribution >= 0.6 is 15.9 Å². The number of carbonyl (C=O) groups is 1. The quantitative estimate of drug-likeness (QED) is 0.849. The fraction of sp³-hybridized carbons (Fsp3) is 0.462. The summed E-state index contributed by atoms with van der Waals surface area (Å²) in [4.78, 5) is 11.6. The number of nitrogens with one attached hydrogen (secondary N) is 2. The van der Waals surface area contributed by atoms with Crippen LogP contribution in [-0.4, -0.2) is 25.6 Å². The monoisotopic (exact) mass is 314 g/mol. The Morgan fingerprint density at radius 3 is 2.83 bits per heavy atom. The first-order valence-electron chi connectivity index (χ1n) is 5.93. The van der Waals surface area contributed by atoms with E-state index in [9.17, 15) is 4.79 Å². The minimum Gasteiger partial charge on any atom is -0.495 e. The Hall–Kier alpha value is -1.23. The Morgan fingerprint density at radius 2 is 2.22 bits per heavy atom. The van der Waals surface area contributed by atoms with Crippen molar-refractivity contribution in [1.29, 1.82) is 0 Å². The molecular formula is C13H19BrN2O2. The fourth-order valence-electron chi connectivity index (χ4n) is 1.38. The smallest absolute Gasteiger partial charge is 0.239 e. The van der Waals surface area contributed by atoms with Crippen LogP contribution < -0.4 is 15.4 Å². The summed E-state index contributed by atoms with van der Waals surface area (Å²) < 4.78 is 6.08. The third kappa shape index (κ3) is 4.56. The van der Waals surface area contributed by atoms with Crippen molar-refractivity contribution in [2.45, 2.75) is 26.3 Å². The second kappa shape index (κ2) is 7.26. The van der Waals surface area contributed by atoms with Gasteiger partial charge in [0.1, 0.15) is 5.75 Å². The molecule has 0 aliphatic heterocycles. The number of anilines is 1. The predicted octanol–water partition coefficient (Wildman–Crippen LogP) is 2.78. The van der Waals surface area contributed by atoms with Crippen LogP contribution in [0.15, 0.2) is 22.7 Å². The predicted molar refractivity (Wildman–Crippen MR) is 77.1 cm³/mol. The molecule has 1 aromatic carbocycles. The number of hydrogen-bond acceptors (Lipinski definition) is 3. The van der Waals surface area contributed by atoms with Crippen molar-refractivity contribution in [1.82, 2.24) is 5.32 Å². The molecule has 1 aromatic rings. The highest BCUT2D eigenvalue weighted by molar-refractivity contribution is 9.10. The van der Waals surface area contributed by atoms with Gasteiger partial charge in [0, 0.05) is 17.8 Å². The minimum atomic E-state index is -0.00812. The van der Waals surface area contributed by atoms with E-state index in [1.165, 1.54) is 0 Å². The number of benzene rings is 1. The Morgan fingerprint density at radius 1 is 1.50 bits per heavy atom. The van der Waals surface area contributed by atoms with Gasteiger partial charge in [-0.25, -0.2) is 0 Å². The Bertz CT molecular complexity index is 410. The van der Waals surface area contributed by atoms with E-state index in [0.29, 0.717) is 0 Å². The van der Waals surface area contributed by atoms with E-state index < -0.39 is 0 Å². The molecule has 0 spiro atoms. The van der Waals surface area contributed by atoms with Crippen LogP contribution in [0.5, 0.6) is 5.75 Å². The second-order valence-electron chi connectivity index (χ2n) is 4.08. The van der Waals surface area contributed by atoms with Gasteiger partial charge in [0.2, 0.25) is 5.91 Å². The van der Waals surface area contributed by atoms with E-state index in [0.717, 1.165) is 22.3 Å². The Kier molecular flexibility index (Phi) is 5.98. The molecule has 1 unspecified atom stereocenters. The number of ether oxygens (including phenoxy) is 1. The SMILES string of the molecule is CCC(C)NC(=O)CNc1ccc(Br)c(OC)c1. The largest absolute Gasteiger partial charge is 0.495 e. The van der Waals surface area contributed by atoms with Gasteiger partial charge in [0.25, 0.3) is 0 Å². The maximum absolute atomic E-state index is 11.6. The number of amides is 1. The van der Waals surface area contributed by atoms with E-state index in [1.807, 2.05) is 32.0 Å². The summed E-state index contributed by atoms with van der Waals surface area (Å²) >= 11 is 3.38. The fourth-order valence-corrected chi connectivity index (χ4v) is 1.79. The molecule has 1 amide bonds. The first-order valence-corrected chi connectivity index (χ1v) is 6.72. The first kappa shape index (κ1) is 14.8. The zero-order valence-electron chi connectivity index (χ0n) is 10.9. The molecule has 1 atom stereocenters. The molecule has 0 heterocycles. The number of methoxy groups -OCH3 is 1. The minimum absolute atomic E-state index is 0.00812. The summed E-state index contributed by atoms with van der Waals surface area (Å²) in [7, 11) is 1.61. The third-order valence-electron chi connectivity index (χ3n) is 2.62. The number of halogens is 1. The lowest BCUT2D eigenvalue weighted by Gasteiger charge is -2.13. The molecule has 0 aliphatic carbocycles. The van der Waals surface area contributed by atoms with Crippen LogP contribution in [0.2, 0.25) is 0 Å². The summed E-state index contributed by atoms with van der Waals surface area (Å²) in [5.41, 5.74) is 0.856. The molecule has 0 saturated carbocycles. The van der Waals surface area contributed by atoms with Crippen molar-refractivity contribution in [3.05, 3.63) is 22.7 Å². The molecule has 4 nitrogen and oxygen atoms in total. The van der Waals surface area contributed by atoms with Gasteiger partial charge >= 0.3 is 0 Å². The van der Waals surface area contributed by atoms with Gasteiger partial charge < -0.3 is 15.4 Å². The summed E-state index contributed by atoms with van der Waals surface area (Å²) in [6, 6.07) is 5.83. The van der Waals surface area contributed by atoms with Crippen LogP contribution in [0.4, 0.5) is 5.69 Å². The molecule has 0 fully saturated rings. The van der Waals surface area contributed by atoms with Crippen LogP contribution in [0, 0.1) is 0 Å². The van der Waals surface area contributed by atoms with Crippen molar-refractivity contribution < 1.29 is 9.53 Å². The topological polar surface area (TPSA) is 50.4 Å². The summed E-state index contributed by atoms with van der Waals surface area (Å²) in [6.07, 6.45) is 0.928. The van der Waals surface area contributed by atoms with Crippen molar-refractivity contribution in [3.63, 3.8) is 0 Å². The average molecular weight is 315 g/mol.